The number of carbonyl (C=O) groups is 1. The standard InChI is InChI=1S/C22H23N3O2/c1-2-27-20-11-4-3-10-19(20)24-13-15-25(16-14-24)22(26)18-9-5-7-17-8-6-12-23-21(17)18/h3-12H,2,13-16H2,1H3. The number of piperazine rings is 1. The van der Waals surface area contributed by atoms with Crippen LogP contribution in [0.5, 0.6) is 5.75 Å². The number of amides is 1. The van der Waals surface area contributed by atoms with Crippen LogP contribution >= 0.6 is 0 Å². The first-order chi connectivity index (χ1) is 13.3. The molecule has 2 heterocycles. The summed E-state index contributed by atoms with van der Waals surface area (Å²) >= 11 is 0. The van der Waals surface area contributed by atoms with Gasteiger partial charge >= 0.3 is 0 Å². The molecule has 138 valence electrons. The van der Waals surface area contributed by atoms with Gasteiger partial charge in [-0.2, -0.15) is 0 Å². The summed E-state index contributed by atoms with van der Waals surface area (Å²) in [7, 11) is 0. The van der Waals surface area contributed by atoms with Gasteiger partial charge in [0, 0.05) is 37.8 Å². The predicted molar refractivity (Wildman–Crippen MR) is 107 cm³/mol. The quantitative estimate of drug-likeness (QED) is 0.712. The molecule has 0 bridgehead atoms. The van der Waals surface area contributed by atoms with Gasteiger partial charge in [0.2, 0.25) is 0 Å². The van der Waals surface area contributed by atoms with Gasteiger partial charge in [-0.25, -0.2) is 0 Å². The third-order valence-corrected chi connectivity index (χ3v) is 4.94. The van der Waals surface area contributed by atoms with Crippen molar-refractivity contribution in [2.45, 2.75) is 6.92 Å². The molecule has 27 heavy (non-hydrogen) atoms. The lowest BCUT2D eigenvalue weighted by molar-refractivity contribution is 0.0748. The van der Waals surface area contributed by atoms with Crippen LogP contribution in [0.2, 0.25) is 0 Å². The van der Waals surface area contributed by atoms with Crippen molar-refractivity contribution in [2.24, 2.45) is 0 Å². The van der Waals surface area contributed by atoms with Crippen molar-refractivity contribution in [3.63, 3.8) is 0 Å². The number of para-hydroxylation sites is 3. The van der Waals surface area contributed by atoms with Crippen LogP contribution in [0.3, 0.4) is 0 Å². The lowest BCUT2D eigenvalue weighted by atomic mass is 10.1. The van der Waals surface area contributed by atoms with Gasteiger partial charge in [0.05, 0.1) is 23.4 Å². The van der Waals surface area contributed by atoms with E-state index in [0.29, 0.717) is 25.3 Å². The number of anilines is 1. The molecule has 0 N–H and O–H groups in total. The van der Waals surface area contributed by atoms with Crippen LogP contribution < -0.4 is 9.64 Å². The second kappa shape index (κ2) is 7.66. The number of aromatic nitrogens is 1. The summed E-state index contributed by atoms with van der Waals surface area (Å²) < 4.78 is 5.75. The van der Waals surface area contributed by atoms with Crippen LogP contribution in [0.25, 0.3) is 10.9 Å². The zero-order chi connectivity index (χ0) is 18.6. The molecule has 0 atom stereocenters. The number of pyridine rings is 1. The van der Waals surface area contributed by atoms with Crippen LogP contribution in [-0.4, -0.2) is 48.6 Å². The van der Waals surface area contributed by atoms with E-state index >= 15 is 0 Å². The van der Waals surface area contributed by atoms with Crippen LogP contribution in [-0.2, 0) is 0 Å². The first-order valence-electron chi connectivity index (χ1n) is 9.37. The molecule has 0 saturated carbocycles. The molecular weight excluding hydrogens is 338 g/mol. The summed E-state index contributed by atoms with van der Waals surface area (Å²) in [5.41, 5.74) is 2.55. The van der Waals surface area contributed by atoms with Gasteiger partial charge < -0.3 is 14.5 Å². The van der Waals surface area contributed by atoms with Gasteiger partial charge in [-0.05, 0) is 31.2 Å². The zero-order valence-corrected chi connectivity index (χ0v) is 15.5. The molecule has 1 fully saturated rings. The minimum absolute atomic E-state index is 0.0528. The molecule has 1 saturated heterocycles. The number of benzene rings is 2. The Bertz CT molecular complexity index is 944. The molecule has 1 aromatic heterocycles. The third kappa shape index (κ3) is 3.45. The van der Waals surface area contributed by atoms with Gasteiger partial charge in [-0.3, -0.25) is 9.78 Å². The summed E-state index contributed by atoms with van der Waals surface area (Å²) in [5.74, 6) is 0.954. The Morgan fingerprint density at radius 3 is 2.59 bits per heavy atom. The minimum Gasteiger partial charge on any atom is -0.492 e. The molecule has 3 aromatic rings. The van der Waals surface area contributed by atoms with E-state index in [1.807, 2.05) is 60.4 Å². The maximum atomic E-state index is 13.1. The fraction of sp³-hybridized carbons (Fsp3) is 0.273. The average Bonchev–Trinajstić information content (AvgIpc) is 2.74. The van der Waals surface area contributed by atoms with E-state index in [1.165, 1.54) is 0 Å². The molecule has 5 heteroatoms. The average molecular weight is 361 g/mol. The first-order valence-corrected chi connectivity index (χ1v) is 9.37. The summed E-state index contributed by atoms with van der Waals surface area (Å²) in [6, 6.07) is 17.8. The van der Waals surface area contributed by atoms with Crippen LogP contribution in [0.4, 0.5) is 5.69 Å². The summed E-state index contributed by atoms with van der Waals surface area (Å²) in [6.07, 6.45) is 1.74. The van der Waals surface area contributed by atoms with E-state index in [-0.39, 0.29) is 5.91 Å². The van der Waals surface area contributed by atoms with Crippen molar-refractivity contribution < 1.29 is 9.53 Å². The van der Waals surface area contributed by atoms with Gasteiger partial charge in [0.15, 0.2) is 0 Å². The monoisotopic (exact) mass is 361 g/mol. The molecule has 5 nitrogen and oxygen atoms in total. The second-order valence-electron chi connectivity index (χ2n) is 6.56. The molecule has 0 aliphatic carbocycles. The van der Waals surface area contributed by atoms with Crippen molar-refractivity contribution in [2.75, 3.05) is 37.7 Å². The number of hydrogen-bond donors (Lipinski definition) is 0. The maximum absolute atomic E-state index is 13.1. The topological polar surface area (TPSA) is 45.7 Å². The highest BCUT2D eigenvalue weighted by Gasteiger charge is 2.25. The Hall–Kier alpha value is -3.08. The SMILES string of the molecule is CCOc1ccccc1N1CCN(C(=O)c2cccc3cccnc23)CC1. The largest absolute Gasteiger partial charge is 0.492 e. The van der Waals surface area contributed by atoms with E-state index in [9.17, 15) is 4.79 Å². The van der Waals surface area contributed by atoms with Crippen LogP contribution in [0.15, 0.2) is 60.8 Å². The van der Waals surface area contributed by atoms with Crippen molar-refractivity contribution in [1.29, 1.82) is 0 Å². The van der Waals surface area contributed by atoms with Crippen LogP contribution in [0, 0.1) is 0 Å². The number of rotatable bonds is 4. The Morgan fingerprint density at radius 1 is 1.00 bits per heavy atom. The van der Waals surface area contributed by atoms with Crippen LogP contribution in [0.1, 0.15) is 17.3 Å². The van der Waals surface area contributed by atoms with Gasteiger partial charge in [-0.15, -0.1) is 0 Å². The van der Waals surface area contributed by atoms with E-state index in [4.69, 9.17) is 4.74 Å². The fourth-order valence-corrected chi connectivity index (χ4v) is 3.59. The number of fused-ring (bicyclic) bond motifs is 1. The molecule has 4 rings (SSSR count). The molecule has 1 amide bonds. The lowest BCUT2D eigenvalue weighted by Gasteiger charge is -2.36. The number of nitrogens with zero attached hydrogens (tertiary/aromatic N) is 3. The van der Waals surface area contributed by atoms with Crippen molar-refractivity contribution in [1.82, 2.24) is 9.88 Å². The third-order valence-electron chi connectivity index (χ3n) is 4.94. The lowest BCUT2D eigenvalue weighted by Crippen LogP contribution is -2.49. The van der Waals surface area contributed by atoms with Crippen molar-refractivity contribution in [3.05, 3.63) is 66.4 Å². The zero-order valence-electron chi connectivity index (χ0n) is 15.5. The summed E-state index contributed by atoms with van der Waals surface area (Å²) in [4.78, 5) is 21.7. The highest BCUT2D eigenvalue weighted by molar-refractivity contribution is 6.05. The fourth-order valence-electron chi connectivity index (χ4n) is 3.59. The Labute approximate surface area is 159 Å². The highest BCUT2D eigenvalue weighted by Crippen LogP contribution is 2.29. The van der Waals surface area contributed by atoms with E-state index in [0.717, 1.165) is 35.4 Å². The van der Waals surface area contributed by atoms with E-state index < -0.39 is 0 Å². The molecule has 0 radical (unpaired) electrons. The maximum Gasteiger partial charge on any atom is 0.256 e. The molecule has 2 aromatic carbocycles. The van der Waals surface area contributed by atoms with E-state index in [2.05, 4.69) is 16.0 Å². The smallest absolute Gasteiger partial charge is 0.256 e. The van der Waals surface area contributed by atoms with E-state index in [1.54, 1.807) is 6.20 Å². The van der Waals surface area contributed by atoms with Crippen molar-refractivity contribution >= 4 is 22.5 Å². The van der Waals surface area contributed by atoms with Gasteiger partial charge in [0.1, 0.15) is 5.75 Å². The molecule has 0 unspecified atom stereocenters. The Kier molecular flexibility index (Phi) is 4.92. The number of carbonyl (C=O) groups excluding carboxylic acids is 1. The number of ether oxygens (including phenoxy) is 1. The Morgan fingerprint density at radius 2 is 1.78 bits per heavy atom. The number of hydrogen-bond acceptors (Lipinski definition) is 4. The van der Waals surface area contributed by atoms with Gasteiger partial charge in [0.25, 0.3) is 5.91 Å². The normalized spacial score (nSPS) is 14.4. The molecule has 0 spiro atoms. The van der Waals surface area contributed by atoms with Crippen molar-refractivity contribution in [3.8, 4) is 5.75 Å². The molecule has 1 aliphatic heterocycles. The highest BCUT2D eigenvalue weighted by atomic mass is 16.5. The minimum atomic E-state index is 0.0528. The summed E-state index contributed by atoms with van der Waals surface area (Å²) in [6.45, 7) is 5.57. The van der Waals surface area contributed by atoms with Gasteiger partial charge in [-0.1, -0.05) is 30.3 Å². The summed E-state index contributed by atoms with van der Waals surface area (Å²) in [5, 5.41) is 0.993. The second-order valence-corrected chi connectivity index (χ2v) is 6.56. The Balaban J connectivity index is 1.50. The first kappa shape index (κ1) is 17.3. The predicted octanol–water partition coefficient (Wildman–Crippen LogP) is 3.60. The molecule has 1 aliphatic rings. The molecular formula is C22H23N3O2.